The third-order valence-corrected chi connectivity index (χ3v) is 5.86. The molecule has 5 nitrogen and oxygen atoms in total. The Kier molecular flexibility index (Phi) is 5.44. The fraction of sp³-hybridized carbons (Fsp3) is 0.280. The average Bonchev–Trinajstić information content (AvgIpc) is 2.74. The van der Waals surface area contributed by atoms with Crippen LogP contribution in [0.1, 0.15) is 43.2 Å². The van der Waals surface area contributed by atoms with Crippen LogP contribution in [0.2, 0.25) is 0 Å². The summed E-state index contributed by atoms with van der Waals surface area (Å²) in [4.78, 5) is 26.5. The molecule has 5 heteroatoms. The summed E-state index contributed by atoms with van der Waals surface area (Å²) in [6, 6.07) is 15.3. The molecule has 154 valence electrons. The lowest BCUT2D eigenvalue weighted by molar-refractivity contribution is -0.116. The van der Waals surface area contributed by atoms with Gasteiger partial charge in [0.2, 0.25) is 0 Å². The van der Waals surface area contributed by atoms with Crippen molar-refractivity contribution in [3.05, 3.63) is 82.2 Å². The van der Waals surface area contributed by atoms with Crippen molar-refractivity contribution >= 4 is 17.4 Å². The van der Waals surface area contributed by atoms with Crippen molar-refractivity contribution < 1.29 is 14.3 Å². The fourth-order valence-electron chi connectivity index (χ4n) is 4.40. The van der Waals surface area contributed by atoms with Crippen molar-refractivity contribution in [2.45, 2.75) is 39.0 Å². The monoisotopic (exact) mass is 402 g/mol. The number of carbonyl (C=O) groups is 2. The van der Waals surface area contributed by atoms with E-state index in [9.17, 15) is 9.59 Å². The predicted octanol–water partition coefficient (Wildman–Crippen LogP) is 4.61. The zero-order chi connectivity index (χ0) is 21.3. The number of aryl methyl sites for hydroxylation is 1. The minimum atomic E-state index is -0.464. The molecule has 0 saturated carbocycles. The van der Waals surface area contributed by atoms with Gasteiger partial charge in [-0.1, -0.05) is 36.4 Å². The molecular weight excluding hydrogens is 376 g/mol. The van der Waals surface area contributed by atoms with Crippen LogP contribution in [0.25, 0.3) is 0 Å². The van der Waals surface area contributed by atoms with Gasteiger partial charge in [-0.25, -0.2) is 0 Å². The molecule has 4 rings (SSSR count). The number of rotatable bonds is 4. The van der Waals surface area contributed by atoms with Crippen molar-refractivity contribution in [1.82, 2.24) is 5.32 Å². The molecule has 2 aliphatic rings. The van der Waals surface area contributed by atoms with Crippen molar-refractivity contribution in [1.29, 1.82) is 0 Å². The van der Waals surface area contributed by atoms with E-state index >= 15 is 0 Å². The van der Waals surface area contributed by atoms with Crippen LogP contribution in [0.15, 0.2) is 71.1 Å². The Labute approximate surface area is 176 Å². The number of amides is 1. The average molecular weight is 402 g/mol. The Morgan fingerprint density at radius 3 is 2.57 bits per heavy atom. The Morgan fingerprint density at radius 1 is 1.07 bits per heavy atom. The maximum absolute atomic E-state index is 13.5. The number of hydrogen-bond acceptors (Lipinski definition) is 4. The van der Waals surface area contributed by atoms with E-state index in [1.165, 1.54) is 0 Å². The number of methoxy groups -OCH3 is 1. The number of Topliss-reactive ketones (excluding diaryl/α,β-unsaturated/α-hetero) is 1. The maximum atomic E-state index is 13.5. The number of hydrogen-bond donors (Lipinski definition) is 2. The van der Waals surface area contributed by atoms with Gasteiger partial charge in [-0.05, 0) is 44.4 Å². The zero-order valence-corrected chi connectivity index (χ0v) is 17.5. The molecular formula is C25H26N2O3. The van der Waals surface area contributed by atoms with E-state index < -0.39 is 5.92 Å². The molecule has 1 heterocycles. The minimum Gasteiger partial charge on any atom is -0.496 e. The molecule has 2 N–H and O–H groups in total. The van der Waals surface area contributed by atoms with Gasteiger partial charge < -0.3 is 15.4 Å². The highest BCUT2D eigenvalue weighted by Crippen LogP contribution is 2.45. The van der Waals surface area contributed by atoms with Crippen molar-refractivity contribution in [2.75, 3.05) is 12.4 Å². The zero-order valence-electron chi connectivity index (χ0n) is 17.5. The summed E-state index contributed by atoms with van der Waals surface area (Å²) in [5.74, 6) is 0.0845. The second-order valence-electron chi connectivity index (χ2n) is 7.78. The van der Waals surface area contributed by atoms with Crippen molar-refractivity contribution in [3.8, 4) is 5.75 Å². The predicted molar refractivity (Wildman–Crippen MR) is 117 cm³/mol. The Balaban J connectivity index is 1.84. The molecule has 0 radical (unpaired) electrons. The lowest BCUT2D eigenvalue weighted by Gasteiger charge is -2.35. The van der Waals surface area contributed by atoms with Crippen LogP contribution in [0, 0.1) is 6.92 Å². The minimum absolute atomic E-state index is 0.0911. The van der Waals surface area contributed by atoms with Crippen LogP contribution >= 0.6 is 0 Å². The summed E-state index contributed by atoms with van der Waals surface area (Å²) < 4.78 is 5.61. The Bertz CT molecular complexity index is 1080. The standard InChI is InChI=1S/C25H26N2O3/c1-15-9-4-6-11-18(15)27-25(29)22-16(2)26-19-12-8-13-20(28)24(19)23(22)17-10-5-7-14-21(17)30-3/h4-7,9-11,14,23,26H,8,12-13H2,1-3H3,(H,27,29)/t23-/m1/s1. The number of ketones is 1. The summed E-state index contributed by atoms with van der Waals surface area (Å²) in [7, 11) is 1.61. The first-order valence-corrected chi connectivity index (χ1v) is 10.2. The molecule has 1 amide bonds. The molecule has 1 aliphatic carbocycles. The van der Waals surface area contributed by atoms with Crippen LogP contribution < -0.4 is 15.4 Å². The second kappa shape index (κ2) is 8.19. The van der Waals surface area contributed by atoms with E-state index in [4.69, 9.17) is 4.74 Å². The number of benzene rings is 2. The number of para-hydroxylation sites is 2. The van der Waals surface area contributed by atoms with E-state index in [1.54, 1.807) is 7.11 Å². The number of allylic oxidation sites excluding steroid dienone is 3. The maximum Gasteiger partial charge on any atom is 0.254 e. The van der Waals surface area contributed by atoms with Gasteiger partial charge in [-0.15, -0.1) is 0 Å². The molecule has 0 fully saturated rings. The smallest absolute Gasteiger partial charge is 0.254 e. The van der Waals surface area contributed by atoms with Gasteiger partial charge in [-0.3, -0.25) is 9.59 Å². The molecule has 0 aromatic heterocycles. The molecule has 0 unspecified atom stereocenters. The van der Waals surface area contributed by atoms with E-state index in [0.29, 0.717) is 23.3 Å². The first kappa shape index (κ1) is 20.0. The first-order valence-electron chi connectivity index (χ1n) is 10.2. The largest absolute Gasteiger partial charge is 0.496 e. The van der Waals surface area contributed by atoms with E-state index in [2.05, 4.69) is 10.6 Å². The molecule has 1 atom stereocenters. The van der Waals surface area contributed by atoms with Gasteiger partial charge in [0.25, 0.3) is 5.91 Å². The van der Waals surface area contributed by atoms with Gasteiger partial charge in [0.05, 0.1) is 13.0 Å². The highest BCUT2D eigenvalue weighted by Gasteiger charge is 2.39. The van der Waals surface area contributed by atoms with Crippen LogP contribution in [0.4, 0.5) is 5.69 Å². The lowest BCUT2D eigenvalue weighted by Crippen LogP contribution is -2.35. The van der Waals surface area contributed by atoms with Gasteiger partial charge in [0.1, 0.15) is 5.75 Å². The highest BCUT2D eigenvalue weighted by molar-refractivity contribution is 6.10. The van der Waals surface area contributed by atoms with Crippen LogP contribution in [0.5, 0.6) is 5.75 Å². The topological polar surface area (TPSA) is 67.4 Å². The van der Waals surface area contributed by atoms with Crippen LogP contribution in [0.3, 0.4) is 0 Å². The number of nitrogens with one attached hydrogen (secondary N) is 2. The first-order chi connectivity index (χ1) is 14.5. The van der Waals surface area contributed by atoms with Crippen molar-refractivity contribution in [2.24, 2.45) is 0 Å². The van der Waals surface area contributed by atoms with Gasteiger partial charge in [0.15, 0.2) is 5.78 Å². The number of ether oxygens (including phenoxy) is 1. The van der Waals surface area contributed by atoms with E-state index in [0.717, 1.165) is 41.1 Å². The van der Waals surface area contributed by atoms with E-state index in [-0.39, 0.29) is 11.7 Å². The molecule has 2 aromatic carbocycles. The second-order valence-corrected chi connectivity index (χ2v) is 7.78. The molecule has 30 heavy (non-hydrogen) atoms. The summed E-state index contributed by atoms with van der Waals surface area (Å²) in [6.07, 6.45) is 2.12. The number of anilines is 1. The van der Waals surface area contributed by atoms with Crippen LogP contribution in [-0.2, 0) is 9.59 Å². The Morgan fingerprint density at radius 2 is 1.80 bits per heavy atom. The van der Waals surface area contributed by atoms with Gasteiger partial charge in [0, 0.05) is 40.2 Å². The van der Waals surface area contributed by atoms with Crippen molar-refractivity contribution in [3.63, 3.8) is 0 Å². The Hall–Kier alpha value is -3.34. The molecule has 1 aliphatic heterocycles. The summed E-state index contributed by atoms with van der Waals surface area (Å²) >= 11 is 0. The lowest BCUT2D eigenvalue weighted by atomic mass is 9.74. The third kappa shape index (κ3) is 3.52. The quantitative estimate of drug-likeness (QED) is 0.784. The third-order valence-electron chi connectivity index (χ3n) is 5.86. The molecule has 0 saturated heterocycles. The summed E-state index contributed by atoms with van der Waals surface area (Å²) in [5.41, 5.74) is 5.51. The number of dihydropyridines is 1. The molecule has 0 spiro atoms. The van der Waals surface area contributed by atoms with Crippen LogP contribution in [-0.4, -0.2) is 18.8 Å². The SMILES string of the molecule is COc1ccccc1[C@@H]1C(C(=O)Nc2ccccc2C)=C(C)NC2=C1C(=O)CCC2. The molecule has 0 bridgehead atoms. The number of carbonyl (C=O) groups excluding carboxylic acids is 2. The summed E-state index contributed by atoms with van der Waals surface area (Å²) in [5, 5.41) is 6.40. The van der Waals surface area contributed by atoms with E-state index in [1.807, 2.05) is 62.4 Å². The summed E-state index contributed by atoms with van der Waals surface area (Å²) in [6.45, 7) is 3.86. The fourth-order valence-corrected chi connectivity index (χ4v) is 4.40. The van der Waals surface area contributed by atoms with Gasteiger partial charge in [-0.2, -0.15) is 0 Å². The normalized spacial score (nSPS) is 18.6. The highest BCUT2D eigenvalue weighted by atomic mass is 16.5. The molecule has 2 aromatic rings. The van der Waals surface area contributed by atoms with Gasteiger partial charge >= 0.3 is 0 Å².